The van der Waals surface area contributed by atoms with Crippen LogP contribution in [-0.2, 0) is 26.1 Å². The summed E-state index contributed by atoms with van der Waals surface area (Å²) in [5.41, 5.74) is 0. The van der Waals surface area contributed by atoms with Gasteiger partial charge < -0.3 is 9.64 Å². The van der Waals surface area contributed by atoms with Crippen LogP contribution in [0.3, 0.4) is 0 Å². The van der Waals surface area contributed by atoms with E-state index in [0.717, 1.165) is 25.5 Å². The van der Waals surface area contributed by atoms with E-state index in [9.17, 15) is 17.6 Å². The quantitative estimate of drug-likeness (QED) is 0.579. The van der Waals surface area contributed by atoms with Crippen molar-refractivity contribution in [1.29, 1.82) is 0 Å². The molecule has 1 aromatic heterocycles. The Balaban J connectivity index is 1.35. The monoisotopic (exact) mass is 481 g/mol. The van der Waals surface area contributed by atoms with Gasteiger partial charge in [-0.25, -0.2) is 12.8 Å². The molecule has 2 aliphatic rings. The highest BCUT2D eigenvalue weighted by Crippen LogP contribution is 2.20. The third kappa shape index (κ3) is 5.74. The van der Waals surface area contributed by atoms with Crippen molar-refractivity contribution < 1.29 is 22.3 Å². The molecule has 0 saturated carbocycles. The fourth-order valence-corrected chi connectivity index (χ4v) is 6.33. The minimum atomic E-state index is -3.78. The molecule has 1 amide bonds. The number of hydrogen-bond acceptors (Lipinski definition) is 6. The maximum absolute atomic E-state index is 13.5. The molecule has 2 aliphatic heterocycles. The molecule has 174 valence electrons. The second-order valence-electron chi connectivity index (χ2n) is 8.13. The summed E-state index contributed by atoms with van der Waals surface area (Å²) in [6.45, 7) is 3.47. The van der Waals surface area contributed by atoms with E-state index < -0.39 is 15.8 Å². The highest BCUT2D eigenvalue weighted by atomic mass is 32.2. The van der Waals surface area contributed by atoms with Crippen molar-refractivity contribution in [1.82, 2.24) is 14.1 Å². The molecule has 2 saturated heterocycles. The number of amides is 1. The van der Waals surface area contributed by atoms with Gasteiger partial charge in [-0.2, -0.15) is 4.31 Å². The third-order valence-electron chi connectivity index (χ3n) is 5.83. The van der Waals surface area contributed by atoms with E-state index >= 15 is 0 Å². The molecule has 7 nitrogen and oxygen atoms in total. The lowest BCUT2D eigenvalue weighted by atomic mass is 10.2. The predicted octanol–water partition coefficient (Wildman–Crippen LogP) is 2.40. The first-order chi connectivity index (χ1) is 15.4. The number of hydrogen-bond donors (Lipinski definition) is 0. The number of halogens is 1. The zero-order valence-corrected chi connectivity index (χ0v) is 19.5. The lowest BCUT2D eigenvalue weighted by molar-refractivity contribution is -0.134. The Hall–Kier alpha value is -1.85. The maximum atomic E-state index is 13.5. The topological polar surface area (TPSA) is 70.2 Å². The minimum Gasteiger partial charge on any atom is -0.377 e. The largest absolute Gasteiger partial charge is 0.377 e. The molecule has 32 heavy (non-hydrogen) atoms. The van der Waals surface area contributed by atoms with Crippen LogP contribution in [0.25, 0.3) is 0 Å². The van der Waals surface area contributed by atoms with Crippen LogP contribution in [0.15, 0.2) is 46.7 Å². The highest BCUT2D eigenvalue weighted by molar-refractivity contribution is 7.89. The molecule has 2 aromatic rings. The molecule has 0 spiro atoms. The number of rotatable bonds is 8. The van der Waals surface area contributed by atoms with Crippen LogP contribution >= 0.6 is 11.3 Å². The molecule has 0 unspecified atom stereocenters. The third-order valence-corrected chi connectivity index (χ3v) is 8.59. The average Bonchev–Trinajstić information content (AvgIpc) is 3.48. The number of thiophene rings is 1. The zero-order chi connectivity index (χ0) is 22.6. The molecule has 4 rings (SSSR count). The molecule has 0 N–H and O–H groups in total. The van der Waals surface area contributed by atoms with Crippen molar-refractivity contribution >= 4 is 27.3 Å². The summed E-state index contributed by atoms with van der Waals surface area (Å²) in [6.07, 6.45) is 2.20. The summed E-state index contributed by atoms with van der Waals surface area (Å²) in [5.74, 6) is -0.598. The second kappa shape index (κ2) is 10.4. The van der Waals surface area contributed by atoms with E-state index in [1.165, 1.54) is 27.4 Å². The number of carbonyl (C=O) groups is 1. The number of carbonyl (C=O) groups excluding carboxylic acids is 1. The van der Waals surface area contributed by atoms with Crippen molar-refractivity contribution in [2.24, 2.45) is 0 Å². The predicted molar refractivity (Wildman–Crippen MR) is 120 cm³/mol. The Morgan fingerprint density at radius 2 is 2.00 bits per heavy atom. The van der Waals surface area contributed by atoms with Gasteiger partial charge in [-0.05, 0) is 42.5 Å². The first-order valence-corrected chi connectivity index (χ1v) is 13.1. The molecule has 0 aliphatic carbocycles. The van der Waals surface area contributed by atoms with Crippen LogP contribution in [0.2, 0.25) is 0 Å². The fraction of sp³-hybridized carbons (Fsp3) is 0.500. The normalized spacial score (nSPS) is 20.2. The van der Waals surface area contributed by atoms with E-state index in [2.05, 4.69) is 11.0 Å². The lowest BCUT2D eigenvalue weighted by Gasteiger charge is -2.35. The van der Waals surface area contributed by atoms with E-state index in [1.54, 1.807) is 16.2 Å². The Morgan fingerprint density at radius 3 is 2.66 bits per heavy atom. The zero-order valence-electron chi connectivity index (χ0n) is 17.9. The van der Waals surface area contributed by atoms with Gasteiger partial charge in [-0.1, -0.05) is 12.1 Å². The van der Waals surface area contributed by atoms with Gasteiger partial charge in [0.15, 0.2) is 0 Å². The van der Waals surface area contributed by atoms with E-state index in [-0.39, 0.29) is 36.5 Å². The van der Waals surface area contributed by atoms with Gasteiger partial charge in [-0.3, -0.25) is 9.69 Å². The molecule has 1 aromatic carbocycles. The Morgan fingerprint density at radius 1 is 1.19 bits per heavy atom. The standard InChI is InChI=1S/C22H28FN3O4S2/c23-18-4-1-7-21(14-18)32(28,29)26-10-8-25(9-11-26)22(27)17-24(15-19-5-2-12-30-19)16-20-6-3-13-31-20/h1,3-4,6-7,13-14,19H,2,5,8-12,15-17H2/t19-/m0/s1. The highest BCUT2D eigenvalue weighted by Gasteiger charge is 2.31. The van der Waals surface area contributed by atoms with Gasteiger partial charge in [-0.15, -0.1) is 11.3 Å². The number of ether oxygens (including phenoxy) is 1. The van der Waals surface area contributed by atoms with Crippen LogP contribution in [0.5, 0.6) is 0 Å². The van der Waals surface area contributed by atoms with Crippen molar-refractivity contribution in [3.05, 3.63) is 52.5 Å². The van der Waals surface area contributed by atoms with E-state index in [0.29, 0.717) is 26.2 Å². The average molecular weight is 482 g/mol. The van der Waals surface area contributed by atoms with E-state index in [1.807, 2.05) is 11.4 Å². The first-order valence-electron chi connectivity index (χ1n) is 10.8. The van der Waals surface area contributed by atoms with Crippen molar-refractivity contribution in [2.45, 2.75) is 30.4 Å². The summed E-state index contributed by atoms with van der Waals surface area (Å²) in [7, 11) is -3.78. The van der Waals surface area contributed by atoms with Crippen LogP contribution in [-0.4, -0.2) is 80.4 Å². The van der Waals surface area contributed by atoms with Crippen molar-refractivity contribution in [3.63, 3.8) is 0 Å². The maximum Gasteiger partial charge on any atom is 0.243 e. The summed E-state index contributed by atoms with van der Waals surface area (Å²) in [4.78, 5) is 18.0. The second-order valence-corrected chi connectivity index (χ2v) is 11.1. The molecule has 1 atom stereocenters. The summed E-state index contributed by atoms with van der Waals surface area (Å²) >= 11 is 1.67. The summed E-state index contributed by atoms with van der Waals surface area (Å²) < 4.78 is 46.2. The molecular weight excluding hydrogens is 453 g/mol. The van der Waals surface area contributed by atoms with E-state index in [4.69, 9.17) is 4.74 Å². The number of nitrogens with zero attached hydrogens (tertiary/aromatic N) is 3. The Labute approximate surface area is 192 Å². The fourth-order valence-electron chi connectivity index (χ4n) is 4.13. The van der Waals surface area contributed by atoms with Crippen molar-refractivity contribution in [2.75, 3.05) is 45.9 Å². The van der Waals surface area contributed by atoms with Gasteiger partial charge in [0, 0.05) is 50.8 Å². The molecule has 3 heterocycles. The van der Waals surface area contributed by atoms with Crippen molar-refractivity contribution in [3.8, 4) is 0 Å². The van der Waals surface area contributed by atoms with Gasteiger partial charge in [0.1, 0.15) is 5.82 Å². The minimum absolute atomic E-state index is 0.0117. The number of benzene rings is 1. The van der Waals surface area contributed by atoms with Crippen LogP contribution < -0.4 is 0 Å². The molecule has 0 radical (unpaired) electrons. The van der Waals surface area contributed by atoms with Gasteiger partial charge in [0.05, 0.1) is 17.5 Å². The van der Waals surface area contributed by atoms with Crippen LogP contribution in [0.1, 0.15) is 17.7 Å². The van der Waals surface area contributed by atoms with Gasteiger partial charge >= 0.3 is 0 Å². The Kier molecular flexibility index (Phi) is 7.57. The molecular formula is C22H28FN3O4S2. The summed E-state index contributed by atoms with van der Waals surface area (Å²) in [6, 6.07) is 9.09. The number of piperazine rings is 1. The smallest absolute Gasteiger partial charge is 0.243 e. The van der Waals surface area contributed by atoms with Crippen LogP contribution in [0, 0.1) is 5.82 Å². The lowest BCUT2D eigenvalue weighted by Crippen LogP contribution is -2.52. The van der Waals surface area contributed by atoms with Gasteiger partial charge in [0.2, 0.25) is 15.9 Å². The molecule has 10 heteroatoms. The number of sulfonamides is 1. The summed E-state index contributed by atoms with van der Waals surface area (Å²) in [5, 5.41) is 2.03. The SMILES string of the molecule is O=C(CN(Cc1cccs1)C[C@@H]1CCCO1)N1CCN(S(=O)(=O)c2cccc(F)c2)CC1. The molecule has 2 fully saturated rings. The Bertz CT molecular complexity index is 1000. The first kappa shape index (κ1) is 23.3. The van der Waals surface area contributed by atoms with Crippen LogP contribution in [0.4, 0.5) is 4.39 Å². The molecule has 0 bridgehead atoms. The van der Waals surface area contributed by atoms with Gasteiger partial charge in [0.25, 0.3) is 0 Å².